The van der Waals surface area contributed by atoms with Crippen LogP contribution in [0.15, 0.2) is 0 Å². The lowest BCUT2D eigenvalue weighted by atomic mass is 10.1. The number of hydrogen-bond donors (Lipinski definition) is 3. The van der Waals surface area contributed by atoms with E-state index in [4.69, 9.17) is 5.11 Å². The number of rotatable bonds is 4. The molecule has 0 bridgehead atoms. The number of carboxylic acid groups (broad SMARTS) is 1. The highest BCUT2D eigenvalue weighted by molar-refractivity contribution is 5.92. The fraction of sp³-hybridized carbons (Fsp3) is 0.667. The van der Waals surface area contributed by atoms with Crippen LogP contribution < -0.4 is 10.6 Å². The van der Waals surface area contributed by atoms with Gasteiger partial charge in [-0.05, 0) is 12.8 Å². The molecule has 0 spiro atoms. The summed E-state index contributed by atoms with van der Waals surface area (Å²) in [6.45, 7) is 1.67. The minimum Gasteiger partial charge on any atom is -0.480 e. The smallest absolute Gasteiger partial charge is 0.326 e. The highest BCUT2D eigenvalue weighted by Crippen LogP contribution is 2.06. The molecule has 1 rings (SSSR count). The van der Waals surface area contributed by atoms with Crippen LogP contribution in [0, 0.1) is 0 Å². The summed E-state index contributed by atoms with van der Waals surface area (Å²) in [6.07, 6.45) is 1.07. The van der Waals surface area contributed by atoms with Crippen molar-refractivity contribution >= 4 is 17.8 Å². The number of carbonyl (C=O) groups excluding carboxylic acids is 2. The predicted octanol–water partition coefficient (Wildman–Crippen LogP) is -0.756. The van der Waals surface area contributed by atoms with E-state index in [0.717, 1.165) is 0 Å². The molecule has 0 aromatic heterocycles. The number of amides is 2. The number of carboxylic acids is 1. The number of nitrogens with one attached hydrogen (secondary N) is 2. The zero-order chi connectivity index (χ0) is 11.4. The van der Waals surface area contributed by atoms with Crippen molar-refractivity contribution in [1.29, 1.82) is 0 Å². The summed E-state index contributed by atoms with van der Waals surface area (Å²) in [7, 11) is 0. The summed E-state index contributed by atoms with van der Waals surface area (Å²) >= 11 is 0. The van der Waals surface area contributed by atoms with Crippen molar-refractivity contribution < 1.29 is 19.5 Å². The maximum absolute atomic E-state index is 11.5. The van der Waals surface area contributed by atoms with Crippen molar-refractivity contribution in [2.24, 2.45) is 0 Å². The first-order valence-electron chi connectivity index (χ1n) is 4.87. The minimum absolute atomic E-state index is 0.168. The SMILES string of the molecule is CC[C@H](NC(=O)C1CCC(=O)N1)C(=O)O. The topological polar surface area (TPSA) is 95.5 Å². The normalized spacial score (nSPS) is 21.9. The third-order valence-corrected chi connectivity index (χ3v) is 2.33. The van der Waals surface area contributed by atoms with Crippen molar-refractivity contribution in [3.8, 4) is 0 Å². The van der Waals surface area contributed by atoms with Gasteiger partial charge in [0.1, 0.15) is 12.1 Å². The largest absolute Gasteiger partial charge is 0.480 e. The van der Waals surface area contributed by atoms with E-state index in [0.29, 0.717) is 19.3 Å². The Labute approximate surface area is 87.0 Å². The lowest BCUT2D eigenvalue weighted by Crippen LogP contribution is -2.48. The number of hydrogen-bond acceptors (Lipinski definition) is 3. The fourth-order valence-corrected chi connectivity index (χ4v) is 1.42. The molecule has 0 saturated carbocycles. The molecule has 1 aliphatic heterocycles. The molecule has 1 heterocycles. The molecule has 6 nitrogen and oxygen atoms in total. The molecule has 2 atom stereocenters. The van der Waals surface area contributed by atoms with Crippen molar-refractivity contribution in [1.82, 2.24) is 10.6 Å². The van der Waals surface area contributed by atoms with E-state index < -0.39 is 24.0 Å². The van der Waals surface area contributed by atoms with Crippen LogP contribution >= 0.6 is 0 Å². The first kappa shape index (κ1) is 11.5. The van der Waals surface area contributed by atoms with Crippen molar-refractivity contribution in [2.75, 3.05) is 0 Å². The minimum atomic E-state index is -1.06. The third-order valence-electron chi connectivity index (χ3n) is 2.33. The summed E-state index contributed by atoms with van der Waals surface area (Å²) in [6, 6.07) is -1.46. The van der Waals surface area contributed by atoms with Gasteiger partial charge in [0.25, 0.3) is 0 Å². The van der Waals surface area contributed by atoms with Crippen molar-refractivity contribution in [3.05, 3.63) is 0 Å². The van der Waals surface area contributed by atoms with Gasteiger partial charge in [-0.1, -0.05) is 6.92 Å². The lowest BCUT2D eigenvalue weighted by Gasteiger charge is -2.15. The van der Waals surface area contributed by atoms with Crippen molar-refractivity contribution in [3.63, 3.8) is 0 Å². The molecular weight excluding hydrogens is 200 g/mol. The van der Waals surface area contributed by atoms with Gasteiger partial charge in [0.2, 0.25) is 11.8 Å². The highest BCUT2D eigenvalue weighted by Gasteiger charge is 2.29. The standard InChI is InChI=1S/C9H14N2O4/c1-2-5(9(14)15)11-8(13)6-3-4-7(12)10-6/h5-6H,2-4H2,1H3,(H,10,12)(H,11,13)(H,14,15)/t5-,6?/m0/s1. The quantitative estimate of drug-likeness (QED) is 0.573. The molecular formula is C9H14N2O4. The first-order chi connectivity index (χ1) is 7.04. The Kier molecular flexibility index (Phi) is 3.65. The molecule has 1 aliphatic rings. The van der Waals surface area contributed by atoms with Gasteiger partial charge < -0.3 is 15.7 Å². The van der Waals surface area contributed by atoms with E-state index in [1.807, 2.05) is 0 Å². The summed E-state index contributed by atoms with van der Waals surface area (Å²) in [5, 5.41) is 13.6. The summed E-state index contributed by atoms with van der Waals surface area (Å²) < 4.78 is 0. The Balaban J connectivity index is 2.47. The van der Waals surface area contributed by atoms with E-state index in [2.05, 4.69) is 10.6 Å². The molecule has 2 amide bonds. The molecule has 3 N–H and O–H groups in total. The van der Waals surface area contributed by atoms with E-state index in [-0.39, 0.29) is 5.91 Å². The van der Waals surface area contributed by atoms with Crippen LogP contribution in [0.5, 0.6) is 0 Å². The van der Waals surface area contributed by atoms with Crippen LogP contribution in [0.1, 0.15) is 26.2 Å². The van der Waals surface area contributed by atoms with E-state index in [1.54, 1.807) is 6.92 Å². The van der Waals surface area contributed by atoms with Gasteiger partial charge in [-0.15, -0.1) is 0 Å². The Hall–Kier alpha value is -1.59. The van der Waals surface area contributed by atoms with Crippen LogP contribution in [0.3, 0.4) is 0 Å². The molecule has 84 valence electrons. The van der Waals surface area contributed by atoms with Crippen LogP contribution in [0.25, 0.3) is 0 Å². The molecule has 0 radical (unpaired) electrons. The molecule has 6 heteroatoms. The van der Waals surface area contributed by atoms with E-state index in [9.17, 15) is 14.4 Å². The second-order valence-corrected chi connectivity index (χ2v) is 3.47. The Morgan fingerprint density at radius 3 is 2.73 bits per heavy atom. The second-order valence-electron chi connectivity index (χ2n) is 3.47. The van der Waals surface area contributed by atoms with Gasteiger partial charge in [0.15, 0.2) is 0 Å². The van der Waals surface area contributed by atoms with Gasteiger partial charge >= 0.3 is 5.97 Å². The fourth-order valence-electron chi connectivity index (χ4n) is 1.42. The summed E-state index contributed by atoms with van der Waals surface area (Å²) in [5.74, 6) is -1.65. The zero-order valence-electron chi connectivity index (χ0n) is 8.45. The average Bonchev–Trinajstić information content (AvgIpc) is 2.60. The Bertz CT molecular complexity index is 290. The molecule has 0 aromatic rings. The van der Waals surface area contributed by atoms with Gasteiger partial charge in [-0.25, -0.2) is 4.79 Å². The molecule has 0 aromatic carbocycles. The van der Waals surface area contributed by atoms with Gasteiger partial charge in [0.05, 0.1) is 0 Å². The van der Waals surface area contributed by atoms with Crippen LogP contribution in [0.2, 0.25) is 0 Å². The van der Waals surface area contributed by atoms with Crippen LogP contribution in [-0.2, 0) is 14.4 Å². The molecule has 1 saturated heterocycles. The monoisotopic (exact) mass is 214 g/mol. The highest BCUT2D eigenvalue weighted by atomic mass is 16.4. The second kappa shape index (κ2) is 4.77. The maximum atomic E-state index is 11.5. The zero-order valence-corrected chi connectivity index (χ0v) is 8.45. The molecule has 1 fully saturated rings. The maximum Gasteiger partial charge on any atom is 0.326 e. The molecule has 1 unspecified atom stereocenters. The summed E-state index contributed by atoms with van der Waals surface area (Å²) in [4.78, 5) is 33.0. The van der Waals surface area contributed by atoms with Gasteiger partial charge in [0, 0.05) is 6.42 Å². The summed E-state index contributed by atoms with van der Waals surface area (Å²) in [5.41, 5.74) is 0. The van der Waals surface area contributed by atoms with Crippen LogP contribution in [0.4, 0.5) is 0 Å². The molecule has 15 heavy (non-hydrogen) atoms. The number of aliphatic carboxylic acids is 1. The van der Waals surface area contributed by atoms with Gasteiger partial charge in [-0.3, -0.25) is 9.59 Å². The Morgan fingerprint density at radius 1 is 1.67 bits per heavy atom. The van der Waals surface area contributed by atoms with E-state index in [1.165, 1.54) is 0 Å². The lowest BCUT2D eigenvalue weighted by molar-refractivity contribution is -0.142. The predicted molar refractivity (Wildman–Crippen MR) is 51.0 cm³/mol. The Morgan fingerprint density at radius 2 is 2.33 bits per heavy atom. The van der Waals surface area contributed by atoms with Crippen LogP contribution in [-0.4, -0.2) is 35.0 Å². The average molecular weight is 214 g/mol. The molecule has 0 aliphatic carbocycles. The number of carbonyl (C=O) groups is 3. The van der Waals surface area contributed by atoms with Crippen molar-refractivity contribution in [2.45, 2.75) is 38.3 Å². The van der Waals surface area contributed by atoms with E-state index >= 15 is 0 Å². The van der Waals surface area contributed by atoms with Gasteiger partial charge in [-0.2, -0.15) is 0 Å². The third kappa shape index (κ3) is 2.93. The first-order valence-corrected chi connectivity index (χ1v) is 4.87.